The van der Waals surface area contributed by atoms with Crippen molar-refractivity contribution in [2.45, 2.75) is 29.7 Å². The van der Waals surface area contributed by atoms with Gasteiger partial charge in [0.2, 0.25) is 0 Å². The highest BCUT2D eigenvalue weighted by molar-refractivity contribution is 7.99. The third kappa shape index (κ3) is 2.91. The van der Waals surface area contributed by atoms with E-state index >= 15 is 0 Å². The molecule has 2 rings (SSSR count). The van der Waals surface area contributed by atoms with Crippen molar-refractivity contribution in [3.8, 4) is 0 Å². The van der Waals surface area contributed by atoms with Crippen molar-refractivity contribution in [2.75, 3.05) is 19.0 Å². The van der Waals surface area contributed by atoms with Gasteiger partial charge in [0.15, 0.2) is 0 Å². The predicted molar refractivity (Wildman–Crippen MR) is 70.1 cm³/mol. The van der Waals surface area contributed by atoms with Crippen LogP contribution in [-0.4, -0.2) is 34.9 Å². The van der Waals surface area contributed by atoms with E-state index in [9.17, 15) is 10.1 Å². The van der Waals surface area contributed by atoms with Crippen molar-refractivity contribution in [1.82, 2.24) is 4.98 Å². The summed E-state index contributed by atoms with van der Waals surface area (Å²) in [6, 6.07) is 2.94. The van der Waals surface area contributed by atoms with Crippen molar-refractivity contribution in [3.63, 3.8) is 0 Å². The molecule has 6 nitrogen and oxygen atoms in total. The van der Waals surface area contributed by atoms with Crippen molar-refractivity contribution in [1.29, 1.82) is 0 Å². The average molecular weight is 269 g/mol. The molecule has 2 heterocycles. The van der Waals surface area contributed by atoms with Gasteiger partial charge in [-0.25, -0.2) is 4.98 Å². The number of rotatable bonds is 4. The Kier molecular flexibility index (Phi) is 4.03. The minimum Gasteiger partial charge on any atom is -0.377 e. The second kappa shape index (κ2) is 5.53. The van der Waals surface area contributed by atoms with Gasteiger partial charge in [0.05, 0.1) is 17.1 Å². The van der Waals surface area contributed by atoms with E-state index in [-0.39, 0.29) is 11.8 Å². The lowest BCUT2D eigenvalue weighted by Gasteiger charge is -2.13. The lowest BCUT2D eigenvalue weighted by atomic mass is 10.3. The minimum atomic E-state index is -0.402. The van der Waals surface area contributed by atoms with E-state index in [1.165, 1.54) is 23.9 Å². The van der Waals surface area contributed by atoms with Crippen LogP contribution in [0.3, 0.4) is 0 Å². The van der Waals surface area contributed by atoms with Crippen molar-refractivity contribution < 1.29 is 9.66 Å². The summed E-state index contributed by atoms with van der Waals surface area (Å²) in [5.74, 6) is 0.512. The predicted octanol–water partition coefficient (Wildman–Crippen LogP) is 2.30. The Morgan fingerprint density at radius 1 is 1.61 bits per heavy atom. The van der Waals surface area contributed by atoms with E-state index in [1.54, 1.807) is 7.05 Å². The molecule has 0 radical (unpaired) electrons. The Morgan fingerprint density at radius 2 is 2.39 bits per heavy atom. The van der Waals surface area contributed by atoms with Crippen LogP contribution in [-0.2, 0) is 4.74 Å². The summed E-state index contributed by atoms with van der Waals surface area (Å²) < 4.78 is 5.47. The second-order valence-corrected chi connectivity index (χ2v) is 5.34. The number of nitrogens with zero attached hydrogens (tertiary/aromatic N) is 2. The van der Waals surface area contributed by atoms with E-state index in [4.69, 9.17) is 4.74 Å². The fraction of sp³-hybridized carbons (Fsp3) is 0.545. The zero-order valence-corrected chi connectivity index (χ0v) is 11.1. The smallest absolute Gasteiger partial charge is 0.275 e. The summed E-state index contributed by atoms with van der Waals surface area (Å²) in [4.78, 5) is 14.8. The molecule has 1 aromatic rings. The number of ether oxygens (including phenoxy) is 1. The Balaban J connectivity index is 2.21. The van der Waals surface area contributed by atoms with E-state index < -0.39 is 4.92 Å². The second-order valence-electron chi connectivity index (χ2n) is 4.08. The first-order valence-electron chi connectivity index (χ1n) is 5.72. The third-order valence-corrected chi connectivity index (χ3v) is 4.20. The summed E-state index contributed by atoms with van der Waals surface area (Å²) >= 11 is 1.54. The maximum absolute atomic E-state index is 10.8. The Labute approximate surface area is 109 Å². The maximum Gasteiger partial charge on any atom is 0.275 e. The van der Waals surface area contributed by atoms with Crippen LogP contribution in [0.2, 0.25) is 0 Å². The number of hydrogen-bond acceptors (Lipinski definition) is 6. The fourth-order valence-corrected chi connectivity index (χ4v) is 2.94. The van der Waals surface area contributed by atoms with Gasteiger partial charge in [-0.05, 0) is 13.3 Å². The van der Waals surface area contributed by atoms with Crippen molar-refractivity contribution in [3.05, 3.63) is 22.2 Å². The normalized spacial score (nSPS) is 23.0. The van der Waals surface area contributed by atoms with Gasteiger partial charge in [0.1, 0.15) is 10.8 Å². The van der Waals surface area contributed by atoms with Gasteiger partial charge in [0.25, 0.3) is 5.69 Å². The minimum absolute atomic E-state index is 0.0587. The highest BCUT2D eigenvalue weighted by Gasteiger charge is 2.26. The topological polar surface area (TPSA) is 77.3 Å². The summed E-state index contributed by atoms with van der Waals surface area (Å²) in [7, 11) is 1.70. The Bertz CT molecular complexity index is 455. The average Bonchev–Trinajstić information content (AvgIpc) is 2.74. The van der Waals surface area contributed by atoms with Gasteiger partial charge < -0.3 is 10.1 Å². The van der Waals surface area contributed by atoms with E-state index in [1.807, 2.05) is 6.92 Å². The highest BCUT2D eigenvalue weighted by Crippen LogP contribution is 2.33. The number of nitro groups is 1. The largest absolute Gasteiger partial charge is 0.377 e. The molecule has 1 fully saturated rings. The summed E-state index contributed by atoms with van der Waals surface area (Å²) in [5, 5.41) is 14.6. The molecule has 1 aromatic heterocycles. The molecule has 0 aromatic carbocycles. The van der Waals surface area contributed by atoms with Gasteiger partial charge in [-0.2, -0.15) is 0 Å². The van der Waals surface area contributed by atoms with Crippen LogP contribution < -0.4 is 5.32 Å². The molecule has 7 heteroatoms. The molecule has 18 heavy (non-hydrogen) atoms. The van der Waals surface area contributed by atoms with E-state index in [2.05, 4.69) is 10.3 Å². The standard InChI is InChI=1S/C11H15N3O3S/c1-7-9(3-4-17-7)18-11-6-8(14(15)16)5-10(12-2)13-11/h5-7,9H,3-4H2,1-2H3,(H,12,13). The number of anilines is 1. The molecule has 0 spiro atoms. The lowest BCUT2D eigenvalue weighted by molar-refractivity contribution is -0.385. The van der Waals surface area contributed by atoms with Crippen LogP contribution in [0.25, 0.3) is 0 Å². The molecule has 0 aliphatic carbocycles. The van der Waals surface area contributed by atoms with Crippen LogP contribution >= 0.6 is 11.8 Å². The maximum atomic E-state index is 10.8. The van der Waals surface area contributed by atoms with Crippen LogP contribution in [0, 0.1) is 10.1 Å². The highest BCUT2D eigenvalue weighted by atomic mass is 32.2. The molecular weight excluding hydrogens is 254 g/mol. The first kappa shape index (κ1) is 13.1. The molecule has 1 saturated heterocycles. The summed E-state index contributed by atoms with van der Waals surface area (Å²) in [5.41, 5.74) is 0.0587. The van der Waals surface area contributed by atoms with Crippen LogP contribution in [0.4, 0.5) is 11.5 Å². The molecule has 98 valence electrons. The first-order valence-corrected chi connectivity index (χ1v) is 6.60. The van der Waals surface area contributed by atoms with E-state index in [0.717, 1.165) is 13.0 Å². The third-order valence-electron chi connectivity index (χ3n) is 2.83. The Hall–Kier alpha value is -1.34. The number of aromatic nitrogens is 1. The van der Waals surface area contributed by atoms with Gasteiger partial charge in [-0.1, -0.05) is 11.8 Å². The van der Waals surface area contributed by atoms with Gasteiger partial charge in [-0.15, -0.1) is 0 Å². The molecule has 2 atom stereocenters. The summed E-state index contributed by atoms with van der Waals surface area (Å²) in [6.07, 6.45) is 1.11. The molecule has 1 aliphatic heterocycles. The number of thioether (sulfide) groups is 1. The first-order chi connectivity index (χ1) is 8.60. The molecule has 0 saturated carbocycles. The molecular formula is C11H15N3O3S. The monoisotopic (exact) mass is 269 g/mol. The van der Waals surface area contributed by atoms with E-state index in [0.29, 0.717) is 16.1 Å². The van der Waals surface area contributed by atoms with Crippen molar-refractivity contribution >= 4 is 23.3 Å². The Morgan fingerprint density at radius 3 is 2.94 bits per heavy atom. The SMILES string of the molecule is CNc1cc([N+](=O)[O-])cc(SC2CCOC2C)n1. The van der Waals surface area contributed by atoms with Gasteiger partial charge >= 0.3 is 0 Å². The van der Waals surface area contributed by atoms with Crippen LogP contribution in [0.15, 0.2) is 17.2 Å². The molecule has 2 unspecified atom stereocenters. The van der Waals surface area contributed by atoms with Crippen molar-refractivity contribution in [2.24, 2.45) is 0 Å². The quantitative estimate of drug-likeness (QED) is 0.667. The zero-order chi connectivity index (χ0) is 13.1. The lowest BCUT2D eigenvalue weighted by Crippen LogP contribution is -2.13. The van der Waals surface area contributed by atoms with Crippen LogP contribution in [0.5, 0.6) is 0 Å². The number of hydrogen-bond donors (Lipinski definition) is 1. The van der Waals surface area contributed by atoms with Crippen LogP contribution in [0.1, 0.15) is 13.3 Å². The molecule has 1 N–H and O–H groups in total. The van der Waals surface area contributed by atoms with Gasteiger partial charge in [0, 0.05) is 25.0 Å². The molecule has 1 aliphatic rings. The fourth-order valence-electron chi connectivity index (χ4n) is 1.81. The summed E-state index contributed by atoms with van der Waals surface area (Å²) in [6.45, 7) is 2.76. The molecule has 0 bridgehead atoms. The molecule has 0 amide bonds. The number of nitrogens with one attached hydrogen (secondary N) is 1. The number of pyridine rings is 1. The zero-order valence-electron chi connectivity index (χ0n) is 10.3. The van der Waals surface area contributed by atoms with Gasteiger partial charge in [-0.3, -0.25) is 10.1 Å².